The summed E-state index contributed by atoms with van der Waals surface area (Å²) in [5, 5.41) is 17.4. The van der Waals surface area contributed by atoms with Crippen LogP contribution in [0.1, 0.15) is 6.42 Å². The Labute approximate surface area is 122 Å². The highest BCUT2D eigenvalue weighted by Crippen LogP contribution is 2.23. The number of nitrogens with one attached hydrogen (secondary N) is 1. The number of carbonyl (C=O) groups excluding carboxylic acids is 1. The molecular formula is C12H11BrN4O3. The third kappa shape index (κ3) is 3.64. The molecule has 1 aromatic carbocycles. The van der Waals surface area contributed by atoms with Crippen LogP contribution in [-0.2, 0) is 11.3 Å². The van der Waals surface area contributed by atoms with Gasteiger partial charge in [0.15, 0.2) is 0 Å². The van der Waals surface area contributed by atoms with Gasteiger partial charge in [0.2, 0.25) is 5.91 Å². The maximum absolute atomic E-state index is 11.8. The van der Waals surface area contributed by atoms with Crippen LogP contribution in [0.15, 0.2) is 41.1 Å². The van der Waals surface area contributed by atoms with Crippen LogP contribution in [0.2, 0.25) is 0 Å². The van der Waals surface area contributed by atoms with E-state index in [0.717, 1.165) is 4.47 Å². The molecule has 1 heterocycles. The summed E-state index contributed by atoms with van der Waals surface area (Å²) < 4.78 is 2.44. The fourth-order valence-electron chi connectivity index (χ4n) is 1.63. The van der Waals surface area contributed by atoms with Crippen LogP contribution in [0.5, 0.6) is 0 Å². The Morgan fingerprint density at radius 3 is 2.85 bits per heavy atom. The third-order valence-electron chi connectivity index (χ3n) is 2.54. The van der Waals surface area contributed by atoms with Gasteiger partial charge >= 0.3 is 0 Å². The number of halogens is 1. The lowest BCUT2D eigenvalue weighted by Crippen LogP contribution is -2.15. The van der Waals surface area contributed by atoms with E-state index in [1.807, 2.05) is 0 Å². The average Bonchev–Trinajstić information content (AvgIpc) is 2.83. The van der Waals surface area contributed by atoms with Gasteiger partial charge in [0.1, 0.15) is 5.69 Å². The number of nitro benzene ring substituents is 1. The summed E-state index contributed by atoms with van der Waals surface area (Å²) in [6.45, 7) is 0.401. The Hall–Kier alpha value is -2.22. The molecule has 1 amide bonds. The summed E-state index contributed by atoms with van der Waals surface area (Å²) in [5.74, 6) is -0.300. The second-order valence-electron chi connectivity index (χ2n) is 3.99. The zero-order valence-electron chi connectivity index (χ0n) is 10.3. The summed E-state index contributed by atoms with van der Waals surface area (Å²) in [6.07, 6.45) is 3.55. The molecular weight excluding hydrogens is 328 g/mol. The molecule has 0 aliphatic heterocycles. The first kappa shape index (κ1) is 14.2. The average molecular weight is 339 g/mol. The van der Waals surface area contributed by atoms with E-state index in [4.69, 9.17) is 0 Å². The van der Waals surface area contributed by atoms with Crippen LogP contribution in [0.3, 0.4) is 0 Å². The molecule has 0 unspecified atom stereocenters. The number of hydrogen-bond acceptors (Lipinski definition) is 4. The van der Waals surface area contributed by atoms with Crippen molar-refractivity contribution in [3.05, 3.63) is 51.2 Å². The van der Waals surface area contributed by atoms with Crippen molar-refractivity contribution in [2.75, 3.05) is 5.32 Å². The van der Waals surface area contributed by atoms with E-state index < -0.39 is 4.92 Å². The summed E-state index contributed by atoms with van der Waals surface area (Å²) in [5.41, 5.74) is 0.0758. The summed E-state index contributed by atoms with van der Waals surface area (Å²) in [7, 11) is 0. The first-order valence-corrected chi connectivity index (χ1v) is 6.57. The van der Waals surface area contributed by atoms with Gasteiger partial charge in [-0.2, -0.15) is 5.10 Å². The zero-order valence-corrected chi connectivity index (χ0v) is 11.9. The molecule has 0 saturated carbocycles. The van der Waals surface area contributed by atoms with E-state index in [-0.39, 0.29) is 23.7 Å². The number of hydrogen-bond donors (Lipinski definition) is 1. The molecule has 1 aromatic heterocycles. The van der Waals surface area contributed by atoms with Crippen molar-refractivity contribution in [3.63, 3.8) is 0 Å². The van der Waals surface area contributed by atoms with Gasteiger partial charge in [0, 0.05) is 25.2 Å². The van der Waals surface area contributed by atoms with E-state index in [9.17, 15) is 14.9 Å². The third-order valence-corrected chi connectivity index (χ3v) is 2.95. The van der Waals surface area contributed by atoms with Gasteiger partial charge in [-0.25, -0.2) is 0 Å². The van der Waals surface area contributed by atoms with E-state index in [1.165, 1.54) is 12.1 Å². The molecule has 0 radical (unpaired) electrons. The smallest absolute Gasteiger partial charge is 0.292 e. The van der Waals surface area contributed by atoms with E-state index >= 15 is 0 Å². The van der Waals surface area contributed by atoms with Crippen LogP contribution >= 0.6 is 15.9 Å². The highest BCUT2D eigenvalue weighted by molar-refractivity contribution is 9.10. The van der Waals surface area contributed by atoms with Crippen LogP contribution in [0.25, 0.3) is 0 Å². The van der Waals surface area contributed by atoms with Crippen LogP contribution in [-0.4, -0.2) is 20.6 Å². The first-order valence-electron chi connectivity index (χ1n) is 5.77. The number of aromatic nitrogens is 2. The molecule has 104 valence electrons. The maximum Gasteiger partial charge on any atom is 0.292 e. The fourth-order valence-corrected chi connectivity index (χ4v) is 1.96. The molecule has 0 fully saturated rings. The SMILES string of the molecule is O=C(CCn1cc(Br)cn1)Nc1ccccc1[N+](=O)[O-]. The number of anilines is 1. The lowest BCUT2D eigenvalue weighted by Gasteiger charge is -2.05. The minimum atomic E-state index is -0.528. The first-order chi connectivity index (χ1) is 9.56. The second kappa shape index (κ2) is 6.29. The number of amides is 1. The van der Waals surface area contributed by atoms with E-state index in [0.29, 0.717) is 6.54 Å². The minimum absolute atomic E-state index is 0.123. The number of benzene rings is 1. The van der Waals surface area contributed by atoms with Gasteiger partial charge in [-0.1, -0.05) is 12.1 Å². The molecule has 1 N–H and O–H groups in total. The number of carbonyl (C=O) groups is 1. The predicted octanol–water partition coefficient (Wildman–Crippen LogP) is 2.58. The van der Waals surface area contributed by atoms with Crippen molar-refractivity contribution < 1.29 is 9.72 Å². The molecule has 0 aliphatic rings. The van der Waals surface area contributed by atoms with E-state index in [1.54, 1.807) is 29.2 Å². The zero-order chi connectivity index (χ0) is 14.5. The second-order valence-corrected chi connectivity index (χ2v) is 4.91. The predicted molar refractivity (Wildman–Crippen MR) is 76.3 cm³/mol. The largest absolute Gasteiger partial charge is 0.320 e. The molecule has 0 bridgehead atoms. The highest BCUT2D eigenvalue weighted by Gasteiger charge is 2.14. The van der Waals surface area contributed by atoms with Gasteiger partial charge in [0.05, 0.1) is 15.6 Å². The van der Waals surface area contributed by atoms with Crippen molar-refractivity contribution in [2.24, 2.45) is 0 Å². The number of nitrogens with zero attached hydrogens (tertiary/aromatic N) is 3. The standard InChI is InChI=1S/C12H11BrN4O3/c13-9-7-14-16(8-9)6-5-12(18)15-10-3-1-2-4-11(10)17(19)20/h1-4,7-8H,5-6H2,(H,15,18). The van der Waals surface area contributed by atoms with Crippen LogP contribution in [0.4, 0.5) is 11.4 Å². The molecule has 8 heteroatoms. The van der Waals surface area contributed by atoms with Gasteiger partial charge in [-0.05, 0) is 22.0 Å². The molecule has 0 spiro atoms. The Morgan fingerprint density at radius 2 is 2.20 bits per heavy atom. The normalized spacial score (nSPS) is 10.2. The quantitative estimate of drug-likeness (QED) is 0.670. The van der Waals surface area contributed by atoms with Crippen molar-refractivity contribution >= 4 is 33.2 Å². The summed E-state index contributed by atoms with van der Waals surface area (Å²) >= 11 is 3.26. The monoisotopic (exact) mass is 338 g/mol. The van der Waals surface area contributed by atoms with Crippen LogP contribution < -0.4 is 5.32 Å². The number of para-hydroxylation sites is 2. The Balaban J connectivity index is 1.96. The van der Waals surface area contributed by atoms with Crippen molar-refractivity contribution in [2.45, 2.75) is 13.0 Å². The molecule has 2 rings (SSSR count). The maximum atomic E-state index is 11.8. The summed E-state index contributed by atoms with van der Waals surface area (Å²) in [4.78, 5) is 22.1. The topological polar surface area (TPSA) is 90.1 Å². The Kier molecular flexibility index (Phi) is 4.46. The number of nitro groups is 1. The van der Waals surface area contributed by atoms with Crippen molar-refractivity contribution in [3.8, 4) is 0 Å². The number of rotatable bonds is 5. The van der Waals surface area contributed by atoms with Gasteiger partial charge in [0.25, 0.3) is 5.69 Å². The van der Waals surface area contributed by atoms with Crippen molar-refractivity contribution in [1.29, 1.82) is 0 Å². The molecule has 2 aromatic rings. The molecule has 0 atom stereocenters. The Morgan fingerprint density at radius 1 is 1.45 bits per heavy atom. The molecule has 0 aliphatic carbocycles. The Bertz CT molecular complexity index is 641. The van der Waals surface area contributed by atoms with Crippen LogP contribution in [0, 0.1) is 10.1 Å². The van der Waals surface area contributed by atoms with Gasteiger partial charge in [-0.15, -0.1) is 0 Å². The lowest BCUT2D eigenvalue weighted by atomic mass is 10.2. The highest BCUT2D eigenvalue weighted by atomic mass is 79.9. The van der Waals surface area contributed by atoms with Gasteiger partial charge in [-0.3, -0.25) is 19.6 Å². The summed E-state index contributed by atoms with van der Waals surface area (Å²) in [6, 6.07) is 6.03. The lowest BCUT2D eigenvalue weighted by molar-refractivity contribution is -0.383. The number of aryl methyl sites for hydroxylation is 1. The fraction of sp³-hybridized carbons (Fsp3) is 0.167. The van der Waals surface area contributed by atoms with Gasteiger partial charge < -0.3 is 5.32 Å². The molecule has 7 nitrogen and oxygen atoms in total. The molecule has 0 saturated heterocycles. The van der Waals surface area contributed by atoms with Crippen molar-refractivity contribution in [1.82, 2.24) is 9.78 Å². The van der Waals surface area contributed by atoms with E-state index in [2.05, 4.69) is 26.3 Å². The minimum Gasteiger partial charge on any atom is -0.320 e. The molecule has 20 heavy (non-hydrogen) atoms.